The molecule has 0 aliphatic heterocycles. The van der Waals surface area contributed by atoms with Crippen LogP contribution in [0.15, 0.2) is 4.99 Å². The smallest absolute Gasteiger partial charge is 0.441 e. The topological polar surface area (TPSA) is 74.2 Å². The molecule has 0 unspecified atom stereocenters. The number of carbonyl (C=O) groups is 1. The van der Waals surface area contributed by atoms with E-state index >= 15 is 0 Å². The fourth-order valence-electron chi connectivity index (χ4n) is 0.994. The van der Waals surface area contributed by atoms with Gasteiger partial charge in [-0.1, -0.05) is 13.8 Å². The Hall–Kier alpha value is -0.920. The van der Waals surface area contributed by atoms with E-state index in [-0.39, 0.29) is 13.2 Å². The number of amides is 1. The largest absolute Gasteiger partial charge is 0.451 e. The fourth-order valence-corrected chi connectivity index (χ4v) is 2.67. The zero-order chi connectivity index (χ0) is 15.8. The molecule has 0 aromatic carbocycles. The number of halogens is 3. The van der Waals surface area contributed by atoms with Gasteiger partial charge in [0.1, 0.15) is 0 Å². The molecule has 0 atom stereocenters. The molecule has 0 bridgehead atoms. The van der Waals surface area contributed by atoms with Crippen LogP contribution in [0.25, 0.3) is 0 Å². The molecule has 0 heterocycles. The van der Waals surface area contributed by atoms with Crippen LogP contribution in [0.2, 0.25) is 0 Å². The van der Waals surface area contributed by atoms with Crippen LogP contribution in [0.3, 0.4) is 0 Å². The van der Waals surface area contributed by atoms with E-state index in [1.165, 1.54) is 0 Å². The second-order valence-electron chi connectivity index (χ2n) is 3.57. The number of methoxy groups -OCH3 is 1. The molecule has 0 N–H and O–H groups in total. The van der Waals surface area contributed by atoms with Crippen LogP contribution in [0.1, 0.15) is 26.7 Å². The maximum atomic E-state index is 12.9. The molecule has 0 radical (unpaired) electrons. The number of hydrogen-bond acceptors (Lipinski definition) is 5. The first-order valence-corrected chi connectivity index (χ1v) is 7.39. The Morgan fingerprint density at radius 2 is 1.60 bits per heavy atom. The highest BCUT2D eigenvalue weighted by Crippen LogP contribution is 2.54. The maximum Gasteiger partial charge on any atom is 0.441 e. The van der Waals surface area contributed by atoms with E-state index in [1.54, 1.807) is 13.8 Å². The first kappa shape index (κ1) is 19.1. The normalized spacial score (nSPS) is 13.4. The minimum absolute atomic E-state index is 0.225. The second-order valence-corrected chi connectivity index (χ2v) is 5.50. The summed E-state index contributed by atoms with van der Waals surface area (Å²) in [4.78, 5) is 13.6. The lowest BCUT2D eigenvalue weighted by molar-refractivity contribution is -0.0575. The van der Waals surface area contributed by atoms with Gasteiger partial charge < -0.3 is 13.8 Å². The van der Waals surface area contributed by atoms with Gasteiger partial charge in [0, 0.05) is 0 Å². The standard InChI is InChI=1S/C10H17F3NO5P/c1-4-6-18-20(16,19-7-5-2)8(10(11,12)13)14-9(15)17-3/h4-7H2,1-3H3/b14-8+. The summed E-state index contributed by atoms with van der Waals surface area (Å²) in [5.41, 5.74) is -1.90. The van der Waals surface area contributed by atoms with E-state index in [1.807, 2.05) is 0 Å². The molecule has 0 aromatic heterocycles. The third kappa shape index (κ3) is 6.02. The zero-order valence-corrected chi connectivity index (χ0v) is 12.3. The molecular weight excluding hydrogens is 302 g/mol. The summed E-state index contributed by atoms with van der Waals surface area (Å²) in [6, 6.07) is 0. The highest BCUT2D eigenvalue weighted by molar-refractivity contribution is 7.72. The lowest BCUT2D eigenvalue weighted by atomic mass is 10.5. The summed E-state index contributed by atoms with van der Waals surface area (Å²) >= 11 is 0. The van der Waals surface area contributed by atoms with Crippen LogP contribution in [0.5, 0.6) is 0 Å². The quantitative estimate of drug-likeness (QED) is 0.527. The summed E-state index contributed by atoms with van der Waals surface area (Å²) < 4.78 is 64.3. The lowest BCUT2D eigenvalue weighted by Crippen LogP contribution is -2.26. The van der Waals surface area contributed by atoms with Gasteiger partial charge in [-0.25, -0.2) is 4.79 Å². The number of alkyl halides is 3. The SMILES string of the molecule is CCCOP(=O)(OCCC)/C(=N/C(=O)OC)C(F)(F)F. The Bertz CT molecular complexity index is 385. The maximum absolute atomic E-state index is 12.9. The molecule has 20 heavy (non-hydrogen) atoms. The first-order valence-electron chi connectivity index (χ1n) is 5.84. The molecule has 0 rings (SSSR count). The highest BCUT2D eigenvalue weighted by atomic mass is 31.2. The predicted molar refractivity (Wildman–Crippen MR) is 66.0 cm³/mol. The van der Waals surface area contributed by atoms with Crippen molar-refractivity contribution in [1.82, 2.24) is 0 Å². The Morgan fingerprint density at radius 3 is 1.90 bits per heavy atom. The van der Waals surface area contributed by atoms with Gasteiger partial charge in [-0.3, -0.25) is 4.57 Å². The van der Waals surface area contributed by atoms with E-state index in [0.29, 0.717) is 12.8 Å². The summed E-state index contributed by atoms with van der Waals surface area (Å²) in [6.45, 7) is 2.79. The average molecular weight is 319 g/mol. The molecule has 10 heteroatoms. The Balaban J connectivity index is 5.57. The van der Waals surface area contributed by atoms with Gasteiger partial charge in [-0.15, -0.1) is 0 Å². The fraction of sp³-hybridized carbons (Fsp3) is 0.800. The molecule has 0 fully saturated rings. The van der Waals surface area contributed by atoms with E-state index in [0.717, 1.165) is 7.11 Å². The monoisotopic (exact) mass is 319 g/mol. The molecular formula is C10H17F3NO5P. The Morgan fingerprint density at radius 1 is 1.15 bits per heavy atom. The summed E-state index contributed by atoms with van der Waals surface area (Å²) in [5, 5.41) is 0. The van der Waals surface area contributed by atoms with Crippen molar-refractivity contribution in [3.8, 4) is 0 Å². The van der Waals surface area contributed by atoms with Gasteiger partial charge >= 0.3 is 19.9 Å². The number of ether oxygens (including phenoxy) is 1. The van der Waals surface area contributed by atoms with E-state index in [4.69, 9.17) is 0 Å². The van der Waals surface area contributed by atoms with E-state index < -0.39 is 25.3 Å². The predicted octanol–water partition coefficient (Wildman–Crippen LogP) is 3.76. The van der Waals surface area contributed by atoms with Gasteiger partial charge in [0.2, 0.25) is 5.45 Å². The van der Waals surface area contributed by atoms with Gasteiger partial charge in [0.05, 0.1) is 20.3 Å². The summed E-state index contributed by atoms with van der Waals surface area (Å²) in [7, 11) is -3.88. The molecule has 0 aromatic rings. The van der Waals surface area contributed by atoms with Crippen molar-refractivity contribution in [3.05, 3.63) is 0 Å². The molecule has 0 aliphatic rings. The Labute approximate surface area is 114 Å². The first-order chi connectivity index (χ1) is 9.21. The summed E-state index contributed by atoms with van der Waals surface area (Å²) in [6.07, 6.45) is -6.02. The van der Waals surface area contributed by atoms with Crippen LogP contribution in [0.4, 0.5) is 18.0 Å². The van der Waals surface area contributed by atoms with Crippen LogP contribution < -0.4 is 0 Å². The zero-order valence-electron chi connectivity index (χ0n) is 11.4. The number of rotatable bonds is 7. The molecule has 0 aliphatic carbocycles. The van der Waals surface area contributed by atoms with Crippen molar-refractivity contribution in [2.45, 2.75) is 32.9 Å². The molecule has 1 amide bonds. The van der Waals surface area contributed by atoms with Gasteiger partial charge in [-0.05, 0) is 12.8 Å². The molecule has 0 saturated heterocycles. The minimum Gasteiger partial charge on any atom is -0.451 e. The number of nitrogens with zero attached hydrogens (tertiary/aromatic N) is 1. The third-order valence-corrected chi connectivity index (χ3v) is 3.73. The second kappa shape index (κ2) is 8.39. The van der Waals surface area contributed by atoms with Crippen LogP contribution in [0, 0.1) is 0 Å². The number of aliphatic imine (C=N–C) groups is 1. The van der Waals surface area contributed by atoms with E-state index in [2.05, 4.69) is 18.8 Å². The lowest BCUT2D eigenvalue weighted by Gasteiger charge is -2.20. The van der Waals surface area contributed by atoms with E-state index in [9.17, 15) is 22.5 Å². The summed E-state index contributed by atoms with van der Waals surface area (Å²) in [5.74, 6) is 0. The van der Waals surface area contributed by atoms with Crippen molar-refractivity contribution in [1.29, 1.82) is 0 Å². The van der Waals surface area contributed by atoms with Crippen LogP contribution in [-0.4, -0.2) is 38.0 Å². The van der Waals surface area contributed by atoms with Crippen molar-refractivity contribution < 1.29 is 36.3 Å². The average Bonchev–Trinajstić information content (AvgIpc) is 2.38. The molecule has 6 nitrogen and oxygen atoms in total. The van der Waals surface area contributed by atoms with Gasteiger partial charge in [-0.2, -0.15) is 18.2 Å². The van der Waals surface area contributed by atoms with Gasteiger partial charge in [0.25, 0.3) is 0 Å². The minimum atomic E-state index is -5.13. The van der Waals surface area contributed by atoms with Crippen LogP contribution in [-0.2, 0) is 18.3 Å². The molecule has 0 spiro atoms. The molecule has 0 saturated carbocycles. The third-order valence-electron chi connectivity index (χ3n) is 1.82. The number of carbonyl (C=O) groups excluding carboxylic acids is 1. The van der Waals surface area contributed by atoms with Crippen molar-refractivity contribution in [3.63, 3.8) is 0 Å². The number of hydrogen-bond donors (Lipinski definition) is 0. The van der Waals surface area contributed by atoms with Crippen molar-refractivity contribution in [2.24, 2.45) is 4.99 Å². The van der Waals surface area contributed by atoms with Crippen molar-refractivity contribution in [2.75, 3.05) is 20.3 Å². The van der Waals surface area contributed by atoms with Gasteiger partial charge in [0.15, 0.2) is 0 Å². The van der Waals surface area contributed by atoms with Crippen LogP contribution >= 0.6 is 7.60 Å². The highest BCUT2D eigenvalue weighted by Gasteiger charge is 2.51. The van der Waals surface area contributed by atoms with Crippen molar-refractivity contribution >= 4 is 19.1 Å². The Kier molecular flexibility index (Phi) is 8.00. The molecule has 118 valence electrons.